The van der Waals surface area contributed by atoms with Crippen molar-refractivity contribution >= 4 is 21.8 Å². The highest BCUT2D eigenvalue weighted by Gasteiger charge is 2.22. The van der Waals surface area contributed by atoms with E-state index in [0.717, 1.165) is 55.7 Å². The Morgan fingerprint density at radius 1 is 0.327 bits per heavy atom. The summed E-state index contributed by atoms with van der Waals surface area (Å²) in [5, 5.41) is 2.38. The summed E-state index contributed by atoms with van der Waals surface area (Å²) in [6, 6.07) is 63.3. The summed E-state index contributed by atoms with van der Waals surface area (Å²) in [6.45, 7) is 0. The van der Waals surface area contributed by atoms with E-state index in [1.807, 2.05) is 60.7 Å². The molecule has 4 nitrogen and oxygen atoms in total. The average Bonchev–Trinajstić information content (AvgIpc) is 3.53. The molecular weight excluding hydrogens is 597 g/mol. The predicted octanol–water partition coefficient (Wildman–Crippen LogP) is 11.3. The Bertz CT molecular complexity index is 2520. The van der Waals surface area contributed by atoms with E-state index in [9.17, 15) is 0 Å². The zero-order valence-corrected chi connectivity index (χ0v) is 26.6. The Balaban J connectivity index is 1.39. The normalized spacial score (nSPS) is 11.3. The lowest BCUT2D eigenvalue weighted by Gasteiger charge is -2.17. The van der Waals surface area contributed by atoms with Crippen LogP contribution < -0.4 is 0 Å². The van der Waals surface area contributed by atoms with Crippen LogP contribution in [0.3, 0.4) is 0 Å². The van der Waals surface area contributed by atoms with Gasteiger partial charge in [-0.25, -0.2) is 15.0 Å². The van der Waals surface area contributed by atoms with Crippen LogP contribution in [0.25, 0.3) is 83.9 Å². The van der Waals surface area contributed by atoms with Crippen LogP contribution in [0.1, 0.15) is 0 Å². The van der Waals surface area contributed by atoms with Crippen LogP contribution >= 0.6 is 0 Å². The van der Waals surface area contributed by atoms with Crippen molar-refractivity contribution in [2.45, 2.75) is 0 Å². The van der Waals surface area contributed by atoms with Gasteiger partial charge < -0.3 is 4.57 Å². The van der Waals surface area contributed by atoms with Crippen molar-refractivity contribution in [3.63, 3.8) is 0 Å². The molecule has 49 heavy (non-hydrogen) atoms. The van der Waals surface area contributed by atoms with Crippen LogP contribution in [-0.4, -0.2) is 19.5 Å². The smallest absolute Gasteiger partial charge is 0.166 e. The SMILES string of the molecule is c1ccc(-c2ccc(-c3nc(-c4ccccc4)nc(-c4ccccc4)n3)c(-n3c4ccccc4c4cccc(-c5ccccc5)c43)c2)cc1. The van der Waals surface area contributed by atoms with Crippen molar-refractivity contribution in [1.82, 2.24) is 19.5 Å². The van der Waals surface area contributed by atoms with E-state index in [1.54, 1.807) is 0 Å². The first-order valence-electron chi connectivity index (χ1n) is 16.5. The summed E-state index contributed by atoms with van der Waals surface area (Å²) >= 11 is 0. The largest absolute Gasteiger partial charge is 0.308 e. The Kier molecular flexibility index (Phi) is 7.10. The molecule has 0 amide bonds. The maximum Gasteiger partial charge on any atom is 0.166 e. The fraction of sp³-hybridized carbons (Fsp3) is 0. The number of hydrogen-bond donors (Lipinski definition) is 0. The molecule has 0 unspecified atom stereocenters. The zero-order chi connectivity index (χ0) is 32.6. The van der Waals surface area contributed by atoms with Gasteiger partial charge in [-0.15, -0.1) is 0 Å². The fourth-order valence-corrected chi connectivity index (χ4v) is 6.76. The quantitative estimate of drug-likeness (QED) is 0.184. The number of hydrogen-bond acceptors (Lipinski definition) is 3. The highest BCUT2D eigenvalue weighted by molar-refractivity contribution is 6.14. The molecular formula is C45H30N4. The number of nitrogens with zero attached hydrogens (tertiary/aromatic N) is 4. The molecule has 2 heterocycles. The molecule has 0 spiro atoms. The van der Waals surface area contributed by atoms with Gasteiger partial charge in [0.15, 0.2) is 17.5 Å². The third-order valence-electron chi connectivity index (χ3n) is 9.07. The molecule has 0 bridgehead atoms. The summed E-state index contributed by atoms with van der Waals surface area (Å²) in [5.41, 5.74) is 10.6. The summed E-state index contributed by atoms with van der Waals surface area (Å²) < 4.78 is 2.41. The third-order valence-corrected chi connectivity index (χ3v) is 9.07. The van der Waals surface area contributed by atoms with E-state index < -0.39 is 0 Å². The Morgan fingerprint density at radius 3 is 1.47 bits per heavy atom. The van der Waals surface area contributed by atoms with Crippen LogP contribution in [0.5, 0.6) is 0 Å². The summed E-state index contributed by atoms with van der Waals surface area (Å²) in [4.78, 5) is 15.3. The van der Waals surface area contributed by atoms with Gasteiger partial charge in [-0.3, -0.25) is 0 Å². The maximum absolute atomic E-state index is 5.18. The summed E-state index contributed by atoms with van der Waals surface area (Å²) in [6.07, 6.45) is 0. The van der Waals surface area contributed by atoms with Crippen molar-refractivity contribution in [2.24, 2.45) is 0 Å². The minimum absolute atomic E-state index is 0.616. The molecule has 9 rings (SSSR count). The Morgan fingerprint density at radius 2 is 0.837 bits per heavy atom. The van der Waals surface area contributed by atoms with E-state index in [0.29, 0.717) is 17.5 Å². The summed E-state index contributed by atoms with van der Waals surface area (Å²) in [5.74, 6) is 1.88. The van der Waals surface area contributed by atoms with Gasteiger partial charge >= 0.3 is 0 Å². The number of rotatable bonds is 6. The fourth-order valence-electron chi connectivity index (χ4n) is 6.76. The number of para-hydroxylation sites is 2. The van der Waals surface area contributed by atoms with Gasteiger partial charge in [-0.1, -0.05) is 164 Å². The monoisotopic (exact) mass is 626 g/mol. The molecule has 0 saturated carbocycles. The molecule has 7 aromatic carbocycles. The molecule has 0 saturated heterocycles. The van der Waals surface area contributed by atoms with Crippen LogP contribution in [0.2, 0.25) is 0 Å². The predicted molar refractivity (Wildman–Crippen MR) is 201 cm³/mol. The highest BCUT2D eigenvalue weighted by Crippen LogP contribution is 2.41. The molecule has 0 atom stereocenters. The van der Waals surface area contributed by atoms with Gasteiger partial charge in [0.2, 0.25) is 0 Å². The van der Waals surface area contributed by atoms with Crippen molar-refractivity contribution in [3.8, 4) is 62.1 Å². The molecule has 0 radical (unpaired) electrons. The molecule has 9 aromatic rings. The second-order valence-electron chi connectivity index (χ2n) is 12.1. The van der Waals surface area contributed by atoms with Crippen molar-refractivity contribution < 1.29 is 0 Å². The second-order valence-corrected chi connectivity index (χ2v) is 12.1. The molecule has 0 aliphatic heterocycles. The lowest BCUT2D eigenvalue weighted by Crippen LogP contribution is -2.04. The van der Waals surface area contributed by atoms with Crippen LogP contribution in [0, 0.1) is 0 Å². The number of benzene rings is 7. The van der Waals surface area contributed by atoms with Gasteiger partial charge in [0, 0.05) is 33.0 Å². The molecule has 0 fully saturated rings. The van der Waals surface area contributed by atoms with Crippen LogP contribution in [0.15, 0.2) is 182 Å². The molecule has 4 heteroatoms. The Labute approximate surface area is 284 Å². The van der Waals surface area contributed by atoms with Gasteiger partial charge in [0.25, 0.3) is 0 Å². The highest BCUT2D eigenvalue weighted by atomic mass is 15.1. The van der Waals surface area contributed by atoms with Gasteiger partial charge in [-0.05, 0) is 34.9 Å². The second kappa shape index (κ2) is 12.2. The van der Waals surface area contributed by atoms with E-state index in [2.05, 4.69) is 126 Å². The zero-order valence-electron chi connectivity index (χ0n) is 26.6. The Hall–Kier alpha value is -6.65. The van der Waals surface area contributed by atoms with E-state index in [1.165, 1.54) is 10.8 Å². The van der Waals surface area contributed by atoms with E-state index in [-0.39, 0.29) is 0 Å². The maximum atomic E-state index is 5.18. The first-order valence-corrected chi connectivity index (χ1v) is 16.5. The van der Waals surface area contributed by atoms with Crippen molar-refractivity contribution in [2.75, 3.05) is 0 Å². The lowest BCUT2D eigenvalue weighted by molar-refractivity contribution is 1.06. The molecule has 0 N–H and O–H groups in total. The summed E-state index contributed by atoms with van der Waals surface area (Å²) in [7, 11) is 0. The molecule has 0 aliphatic carbocycles. The van der Waals surface area contributed by atoms with E-state index >= 15 is 0 Å². The minimum atomic E-state index is 0.616. The molecule has 230 valence electrons. The average molecular weight is 627 g/mol. The van der Waals surface area contributed by atoms with Crippen LogP contribution in [-0.2, 0) is 0 Å². The van der Waals surface area contributed by atoms with Crippen LogP contribution in [0.4, 0.5) is 0 Å². The minimum Gasteiger partial charge on any atom is -0.308 e. The van der Waals surface area contributed by atoms with Gasteiger partial charge in [0.1, 0.15) is 0 Å². The third kappa shape index (κ3) is 5.16. The molecule has 2 aromatic heterocycles. The lowest BCUT2D eigenvalue weighted by atomic mass is 10.00. The first-order chi connectivity index (χ1) is 24.3. The van der Waals surface area contributed by atoms with Gasteiger partial charge in [-0.2, -0.15) is 0 Å². The standard InChI is InChI=1S/C45H30N4/c1-5-16-31(17-6-1)35-28-29-39(45-47-43(33-20-9-3-10-21-33)46-44(48-45)34-22-11-4-12-23-34)41(30-35)49-40-27-14-13-24-37(40)38-26-15-25-36(42(38)49)32-18-7-2-8-19-32/h1-30H. The molecule has 0 aliphatic rings. The van der Waals surface area contributed by atoms with Crippen molar-refractivity contribution in [1.29, 1.82) is 0 Å². The number of fused-ring (bicyclic) bond motifs is 3. The first kappa shape index (κ1) is 28.6. The topological polar surface area (TPSA) is 43.6 Å². The van der Waals surface area contributed by atoms with E-state index in [4.69, 9.17) is 15.0 Å². The van der Waals surface area contributed by atoms with Crippen molar-refractivity contribution in [3.05, 3.63) is 182 Å². The number of aromatic nitrogens is 4. The van der Waals surface area contributed by atoms with Gasteiger partial charge in [0.05, 0.1) is 16.7 Å².